The van der Waals surface area contributed by atoms with Crippen LogP contribution in [0.1, 0.15) is 10.4 Å². The average Bonchev–Trinajstić information content (AvgIpc) is 2.95. The molecule has 0 saturated heterocycles. The van der Waals surface area contributed by atoms with Crippen LogP contribution in [0.5, 0.6) is 0 Å². The van der Waals surface area contributed by atoms with Crippen LogP contribution in [0.25, 0.3) is 10.2 Å². The van der Waals surface area contributed by atoms with Crippen molar-refractivity contribution in [3.63, 3.8) is 0 Å². The van der Waals surface area contributed by atoms with Gasteiger partial charge in [-0.05, 0) is 30.3 Å². The minimum Gasteiger partial charge on any atom is -0.322 e. The number of anilines is 1. The quantitative estimate of drug-likeness (QED) is 0.593. The van der Waals surface area contributed by atoms with Gasteiger partial charge in [-0.3, -0.25) is 14.9 Å². The number of nitrogens with zero attached hydrogens (tertiary/aromatic N) is 2. The van der Waals surface area contributed by atoms with Crippen molar-refractivity contribution in [2.75, 3.05) is 5.32 Å². The van der Waals surface area contributed by atoms with Gasteiger partial charge in [-0.1, -0.05) is 0 Å². The molecule has 0 aliphatic rings. The molecule has 0 radical (unpaired) electrons. The van der Waals surface area contributed by atoms with Gasteiger partial charge in [-0.25, -0.2) is 4.98 Å². The number of aromatic nitrogens is 1. The SMILES string of the molecule is O=C(Nc1ccc([N+](=O)[O-])cc1)c1ccc2ncsc2c1. The first-order chi connectivity index (χ1) is 10.1. The van der Waals surface area contributed by atoms with Gasteiger partial charge in [-0.15, -0.1) is 11.3 Å². The molecule has 1 amide bonds. The number of carbonyl (C=O) groups is 1. The number of non-ortho nitro benzene ring substituents is 1. The van der Waals surface area contributed by atoms with Crippen molar-refractivity contribution in [2.45, 2.75) is 0 Å². The summed E-state index contributed by atoms with van der Waals surface area (Å²) in [7, 11) is 0. The first-order valence-electron chi connectivity index (χ1n) is 6.02. The number of fused-ring (bicyclic) bond motifs is 1. The van der Waals surface area contributed by atoms with Gasteiger partial charge in [0.15, 0.2) is 0 Å². The molecule has 3 aromatic rings. The van der Waals surface area contributed by atoms with Crippen LogP contribution in [0.4, 0.5) is 11.4 Å². The molecule has 0 aliphatic heterocycles. The third kappa shape index (κ3) is 2.72. The monoisotopic (exact) mass is 299 g/mol. The van der Waals surface area contributed by atoms with E-state index in [0.29, 0.717) is 11.3 Å². The van der Waals surface area contributed by atoms with Crippen LogP contribution in [-0.4, -0.2) is 15.8 Å². The predicted molar refractivity (Wildman–Crippen MR) is 80.7 cm³/mol. The number of carbonyl (C=O) groups excluding carboxylic acids is 1. The summed E-state index contributed by atoms with van der Waals surface area (Å²) in [6, 6.07) is 11.0. The normalized spacial score (nSPS) is 10.5. The van der Waals surface area contributed by atoms with Gasteiger partial charge in [0.25, 0.3) is 11.6 Å². The zero-order chi connectivity index (χ0) is 14.8. The van der Waals surface area contributed by atoms with E-state index in [1.54, 1.807) is 23.7 Å². The lowest BCUT2D eigenvalue weighted by molar-refractivity contribution is -0.384. The summed E-state index contributed by atoms with van der Waals surface area (Å²) >= 11 is 1.46. The van der Waals surface area contributed by atoms with E-state index < -0.39 is 4.92 Å². The maximum absolute atomic E-state index is 12.1. The second-order valence-electron chi connectivity index (χ2n) is 4.29. The second kappa shape index (κ2) is 5.29. The number of benzene rings is 2. The van der Waals surface area contributed by atoms with E-state index in [4.69, 9.17) is 0 Å². The number of nitro benzene ring substituents is 1. The molecule has 1 aromatic heterocycles. The highest BCUT2D eigenvalue weighted by Gasteiger charge is 2.09. The standard InChI is InChI=1S/C14H9N3O3S/c18-14(9-1-6-12-13(7-9)21-8-15-12)16-10-2-4-11(5-3-10)17(19)20/h1-8H,(H,16,18). The summed E-state index contributed by atoms with van der Waals surface area (Å²) < 4.78 is 0.936. The maximum Gasteiger partial charge on any atom is 0.269 e. The lowest BCUT2D eigenvalue weighted by Crippen LogP contribution is -2.11. The van der Waals surface area contributed by atoms with Gasteiger partial charge in [0, 0.05) is 23.4 Å². The molecular weight excluding hydrogens is 290 g/mol. The highest BCUT2D eigenvalue weighted by molar-refractivity contribution is 7.16. The molecule has 1 N–H and O–H groups in total. The summed E-state index contributed by atoms with van der Waals surface area (Å²) in [6.07, 6.45) is 0. The van der Waals surface area contributed by atoms with Crippen LogP contribution in [-0.2, 0) is 0 Å². The lowest BCUT2D eigenvalue weighted by Gasteiger charge is -2.05. The van der Waals surface area contributed by atoms with E-state index >= 15 is 0 Å². The second-order valence-corrected chi connectivity index (χ2v) is 5.18. The van der Waals surface area contributed by atoms with Crippen LogP contribution in [0.3, 0.4) is 0 Å². The Morgan fingerprint density at radius 1 is 1.19 bits per heavy atom. The van der Waals surface area contributed by atoms with E-state index in [9.17, 15) is 14.9 Å². The highest BCUT2D eigenvalue weighted by atomic mass is 32.1. The van der Waals surface area contributed by atoms with Crippen molar-refractivity contribution in [3.05, 3.63) is 63.7 Å². The highest BCUT2D eigenvalue weighted by Crippen LogP contribution is 2.20. The molecule has 0 bridgehead atoms. The van der Waals surface area contributed by atoms with Gasteiger partial charge in [0.1, 0.15) is 0 Å². The summed E-state index contributed by atoms with van der Waals surface area (Å²) in [5.74, 6) is -0.265. The third-order valence-corrected chi connectivity index (χ3v) is 3.72. The fourth-order valence-corrected chi connectivity index (χ4v) is 2.58. The van der Waals surface area contributed by atoms with Gasteiger partial charge in [-0.2, -0.15) is 0 Å². The van der Waals surface area contributed by atoms with Crippen molar-refractivity contribution in [1.29, 1.82) is 0 Å². The van der Waals surface area contributed by atoms with E-state index in [2.05, 4.69) is 10.3 Å². The minimum absolute atomic E-state index is 0.0147. The molecule has 0 atom stereocenters. The Morgan fingerprint density at radius 2 is 1.95 bits per heavy atom. The summed E-state index contributed by atoms with van der Waals surface area (Å²) in [5.41, 5.74) is 3.59. The predicted octanol–water partition coefficient (Wildman–Crippen LogP) is 3.46. The van der Waals surface area contributed by atoms with E-state index in [1.165, 1.54) is 35.6 Å². The maximum atomic E-state index is 12.1. The number of nitrogens with one attached hydrogen (secondary N) is 1. The Hall–Kier alpha value is -2.80. The largest absolute Gasteiger partial charge is 0.322 e. The van der Waals surface area contributed by atoms with Crippen molar-refractivity contribution >= 4 is 38.8 Å². The number of hydrogen-bond acceptors (Lipinski definition) is 5. The molecule has 21 heavy (non-hydrogen) atoms. The van der Waals surface area contributed by atoms with Gasteiger partial charge in [0.05, 0.1) is 20.7 Å². The Morgan fingerprint density at radius 3 is 2.67 bits per heavy atom. The zero-order valence-electron chi connectivity index (χ0n) is 10.6. The number of hydrogen-bond donors (Lipinski definition) is 1. The topological polar surface area (TPSA) is 85.1 Å². The van der Waals surface area contributed by atoms with E-state index in [1.807, 2.05) is 0 Å². The molecule has 0 unspecified atom stereocenters. The molecule has 0 fully saturated rings. The molecule has 7 heteroatoms. The number of nitro groups is 1. The van der Waals surface area contributed by atoms with Crippen molar-refractivity contribution in [3.8, 4) is 0 Å². The van der Waals surface area contributed by atoms with Crippen molar-refractivity contribution in [2.24, 2.45) is 0 Å². The van der Waals surface area contributed by atoms with Gasteiger partial charge < -0.3 is 5.32 Å². The van der Waals surface area contributed by atoms with Gasteiger partial charge in [0.2, 0.25) is 0 Å². The molecule has 0 spiro atoms. The average molecular weight is 299 g/mol. The van der Waals surface area contributed by atoms with Crippen LogP contribution in [0.2, 0.25) is 0 Å². The smallest absolute Gasteiger partial charge is 0.269 e. The van der Waals surface area contributed by atoms with Crippen LogP contribution in [0.15, 0.2) is 48.0 Å². The van der Waals surface area contributed by atoms with Crippen molar-refractivity contribution < 1.29 is 9.72 Å². The summed E-state index contributed by atoms with van der Waals surface area (Å²) in [4.78, 5) is 26.4. The molecular formula is C14H9N3O3S. The first kappa shape index (κ1) is 13.2. The van der Waals surface area contributed by atoms with Gasteiger partial charge >= 0.3 is 0 Å². The van der Waals surface area contributed by atoms with Crippen LogP contribution < -0.4 is 5.32 Å². The molecule has 0 aliphatic carbocycles. The molecule has 2 aromatic carbocycles. The summed E-state index contributed by atoms with van der Waals surface area (Å²) in [6.45, 7) is 0. The minimum atomic E-state index is -0.483. The zero-order valence-corrected chi connectivity index (χ0v) is 11.5. The van der Waals surface area contributed by atoms with E-state index in [-0.39, 0.29) is 11.6 Å². The number of thiazole rings is 1. The van der Waals surface area contributed by atoms with Crippen molar-refractivity contribution in [1.82, 2.24) is 4.98 Å². The number of rotatable bonds is 3. The molecule has 0 saturated carbocycles. The lowest BCUT2D eigenvalue weighted by atomic mass is 10.2. The third-order valence-electron chi connectivity index (χ3n) is 2.93. The molecule has 104 valence electrons. The first-order valence-corrected chi connectivity index (χ1v) is 6.90. The van der Waals surface area contributed by atoms with Crippen LogP contribution in [0, 0.1) is 10.1 Å². The Labute approximate surface area is 123 Å². The molecule has 6 nitrogen and oxygen atoms in total. The molecule has 1 heterocycles. The fraction of sp³-hybridized carbons (Fsp3) is 0. The molecule has 3 rings (SSSR count). The summed E-state index contributed by atoms with van der Waals surface area (Å²) in [5, 5.41) is 13.3. The Kier molecular flexibility index (Phi) is 3.33. The Balaban J connectivity index is 1.80. The fourth-order valence-electron chi connectivity index (χ4n) is 1.87. The number of amides is 1. The van der Waals surface area contributed by atoms with E-state index in [0.717, 1.165) is 10.2 Å². The van der Waals surface area contributed by atoms with Crippen LogP contribution >= 0.6 is 11.3 Å². The Bertz CT molecular complexity index is 827.